The van der Waals surface area contributed by atoms with E-state index >= 15 is 0 Å². The maximum atomic E-state index is 3.56. The number of hydrogen-bond acceptors (Lipinski definition) is 2. The highest BCUT2D eigenvalue weighted by molar-refractivity contribution is 9.11. The van der Waals surface area contributed by atoms with E-state index in [4.69, 9.17) is 0 Å². The summed E-state index contributed by atoms with van der Waals surface area (Å²) >= 11 is 5.30. The molecule has 1 aromatic heterocycles. The molecular weight excluding hydrogens is 258 g/mol. The van der Waals surface area contributed by atoms with Gasteiger partial charge in [-0.25, -0.2) is 0 Å². The van der Waals surface area contributed by atoms with Gasteiger partial charge < -0.3 is 5.32 Å². The molecule has 1 aliphatic heterocycles. The molecule has 0 amide bonds. The second-order valence-corrected chi connectivity index (χ2v) is 6.01. The molecule has 1 aromatic rings. The van der Waals surface area contributed by atoms with Crippen molar-refractivity contribution in [1.29, 1.82) is 0 Å². The Morgan fingerprint density at radius 2 is 2.50 bits per heavy atom. The normalized spacial score (nSPS) is 25.6. The summed E-state index contributed by atoms with van der Waals surface area (Å²) < 4.78 is 1.24. The third kappa shape index (κ3) is 2.47. The monoisotopic (exact) mass is 271 g/mol. The number of rotatable bonds is 1. The van der Waals surface area contributed by atoms with Crippen molar-refractivity contribution in [3.8, 4) is 0 Å². The van der Waals surface area contributed by atoms with Gasteiger partial charge in [0.1, 0.15) is 0 Å². The number of nitrogens with one attached hydrogen (secondary N) is 1. The predicted molar refractivity (Wildman–Crippen MR) is 66.7 cm³/mol. The standard InChI is InChI=1S/C11H14BrNS/c1-8-2-3-9(7-13-8)6-10-4-5-14-11(10)12/h4-6,8,13H,2-3,7H2,1H3/b9-6-. The molecule has 1 fully saturated rings. The molecule has 1 atom stereocenters. The molecule has 0 aromatic carbocycles. The Morgan fingerprint density at radius 1 is 1.64 bits per heavy atom. The smallest absolute Gasteiger partial charge is 0.0770 e. The fraction of sp³-hybridized carbons (Fsp3) is 0.455. The van der Waals surface area contributed by atoms with Crippen LogP contribution in [-0.2, 0) is 0 Å². The third-order valence-corrected chi connectivity index (χ3v) is 4.32. The van der Waals surface area contributed by atoms with Crippen LogP contribution in [0.1, 0.15) is 25.3 Å². The first-order valence-corrected chi connectivity index (χ1v) is 6.59. The van der Waals surface area contributed by atoms with E-state index in [1.54, 1.807) is 11.3 Å². The zero-order chi connectivity index (χ0) is 9.97. The van der Waals surface area contributed by atoms with Crippen molar-refractivity contribution < 1.29 is 0 Å². The average molecular weight is 272 g/mol. The summed E-state index contributed by atoms with van der Waals surface area (Å²) in [5.41, 5.74) is 2.84. The van der Waals surface area contributed by atoms with Gasteiger partial charge in [-0.2, -0.15) is 0 Å². The van der Waals surface area contributed by atoms with Crippen LogP contribution in [-0.4, -0.2) is 12.6 Å². The van der Waals surface area contributed by atoms with Gasteiger partial charge in [-0.1, -0.05) is 11.6 Å². The Kier molecular flexibility index (Phi) is 3.42. The number of thiophene rings is 1. The van der Waals surface area contributed by atoms with E-state index in [1.165, 1.54) is 27.8 Å². The van der Waals surface area contributed by atoms with E-state index in [9.17, 15) is 0 Å². The number of halogens is 1. The van der Waals surface area contributed by atoms with Crippen molar-refractivity contribution in [1.82, 2.24) is 5.32 Å². The summed E-state index contributed by atoms with van der Waals surface area (Å²) in [4.78, 5) is 0. The predicted octanol–water partition coefficient (Wildman–Crippen LogP) is 3.67. The fourth-order valence-corrected chi connectivity index (χ4v) is 2.81. The molecule has 0 radical (unpaired) electrons. The molecule has 14 heavy (non-hydrogen) atoms. The quantitative estimate of drug-likeness (QED) is 0.822. The minimum absolute atomic E-state index is 0.679. The zero-order valence-electron chi connectivity index (χ0n) is 8.22. The number of piperidine rings is 1. The first-order valence-electron chi connectivity index (χ1n) is 4.91. The van der Waals surface area contributed by atoms with Crippen LogP contribution in [0.25, 0.3) is 6.08 Å². The highest BCUT2D eigenvalue weighted by Crippen LogP contribution is 2.27. The maximum Gasteiger partial charge on any atom is 0.0770 e. The Morgan fingerprint density at radius 3 is 3.07 bits per heavy atom. The minimum Gasteiger partial charge on any atom is -0.311 e. The van der Waals surface area contributed by atoms with Crippen LogP contribution >= 0.6 is 27.3 Å². The highest BCUT2D eigenvalue weighted by atomic mass is 79.9. The Balaban J connectivity index is 2.08. The van der Waals surface area contributed by atoms with Crippen molar-refractivity contribution in [2.75, 3.05) is 6.54 Å². The average Bonchev–Trinajstić information content (AvgIpc) is 2.56. The molecule has 2 heterocycles. The van der Waals surface area contributed by atoms with Crippen molar-refractivity contribution in [2.45, 2.75) is 25.8 Å². The summed E-state index contributed by atoms with van der Waals surface area (Å²) in [5, 5.41) is 5.60. The molecule has 0 aliphatic carbocycles. The molecule has 1 nitrogen and oxygen atoms in total. The van der Waals surface area contributed by atoms with E-state index in [1.807, 2.05) is 0 Å². The summed E-state index contributed by atoms with van der Waals surface area (Å²) in [6.45, 7) is 3.29. The Bertz CT molecular complexity index is 333. The molecular formula is C11H14BrNS. The molecule has 0 saturated carbocycles. The molecule has 1 aliphatic rings. The van der Waals surface area contributed by atoms with Gasteiger partial charge in [-0.05, 0) is 52.7 Å². The van der Waals surface area contributed by atoms with Crippen molar-refractivity contribution >= 4 is 33.3 Å². The lowest BCUT2D eigenvalue weighted by Gasteiger charge is -2.22. The highest BCUT2D eigenvalue weighted by Gasteiger charge is 2.11. The van der Waals surface area contributed by atoms with E-state index in [-0.39, 0.29) is 0 Å². The first kappa shape index (κ1) is 10.4. The topological polar surface area (TPSA) is 12.0 Å². The summed E-state index contributed by atoms with van der Waals surface area (Å²) in [5.74, 6) is 0. The first-order chi connectivity index (χ1) is 6.75. The molecule has 0 bridgehead atoms. The van der Waals surface area contributed by atoms with Crippen LogP contribution in [0.15, 0.2) is 20.8 Å². The Labute approximate surface area is 97.3 Å². The van der Waals surface area contributed by atoms with Gasteiger partial charge in [0, 0.05) is 12.6 Å². The van der Waals surface area contributed by atoms with Crippen LogP contribution in [0.3, 0.4) is 0 Å². The second-order valence-electron chi connectivity index (χ2n) is 3.77. The Hall–Kier alpha value is -0.120. The van der Waals surface area contributed by atoms with Gasteiger partial charge in [0.15, 0.2) is 0 Å². The van der Waals surface area contributed by atoms with Gasteiger partial charge in [-0.3, -0.25) is 0 Å². The minimum atomic E-state index is 0.679. The van der Waals surface area contributed by atoms with Crippen LogP contribution in [0.4, 0.5) is 0 Å². The van der Waals surface area contributed by atoms with Gasteiger partial charge in [0.25, 0.3) is 0 Å². The lowest BCUT2D eigenvalue weighted by atomic mass is 10.00. The van der Waals surface area contributed by atoms with Gasteiger partial charge in [0.2, 0.25) is 0 Å². The largest absolute Gasteiger partial charge is 0.311 e. The molecule has 1 saturated heterocycles. The van der Waals surface area contributed by atoms with Crippen molar-refractivity contribution in [3.05, 3.63) is 26.4 Å². The molecule has 3 heteroatoms. The van der Waals surface area contributed by atoms with E-state index < -0.39 is 0 Å². The van der Waals surface area contributed by atoms with Crippen LogP contribution in [0.5, 0.6) is 0 Å². The van der Waals surface area contributed by atoms with E-state index in [2.05, 4.69) is 45.7 Å². The lowest BCUT2D eigenvalue weighted by Crippen LogP contribution is -2.32. The molecule has 76 valence electrons. The molecule has 0 spiro atoms. The molecule has 2 rings (SSSR count). The van der Waals surface area contributed by atoms with Crippen molar-refractivity contribution in [3.63, 3.8) is 0 Å². The van der Waals surface area contributed by atoms with E-state index in [0.717, 1.165) is 6.54 Å². The van der Waals surface area contributed by atoms with Gasteiger partial charge in [0.05, 0.1) is 3.79 Å². The van der Waals surface area contributed by atoms with E-state index in [0.29, 0.717) is 6.04 Å². The third-order valence-electron chi connectivity index (χ3n) is 2.58. The van der Waals surface area contributed by atoms with Gasteiger partial charge in [-0.15, -0.1) is 11.3 Å². The number of hydrogen-bond donors (Lipinski definition) is 1. The maximum absolute atomic E-state index is 3.56. The fourth-order valence-electron chi connectivity index (χ4n) is 1.65. The summed E-state index contributed by atoms with van der Waals surface area (Å²) in [6, 6.07) is 2.85. The van der Waals surface area contributed by atoms with Crippen LogP contribution in [0, 0.1) is 0 Å². The van der Waals surface area contributed by atoms with Gasteiger partial charge >= 0.3 is 0 Å². The van der Waals surface area contributed by atoms with Crippen LogP contribution in [0.2, 0.25) is 0 Å². The lowest BCUT2D eigenvalue weighted by molar-refractivity contribution is 0.488. The van der Waals surface area contributed by atoms with Crippen molar-refractivity contribution in [2.24, 2.45) is 0 Å². The SMILES string of the molecule is CC1CC/C(=C/c2ccsc2Br)CN1. The van der Waals surface area contributed by atoms with Crippen LogP contribution < -0.4 is 5.32 Å². The summed E-state index contributed by atoms with van der Waals surface area (Å²) in [7, 11) is 0. The molecule has 1 N–H and O–H groups in total. The summed E-state index contributed by atoms with van der Waals surface area (Å²) in [6.07, 6.45) is 4.80. The second kappa shape index (κ2) is 4.60. The molecule has 1 unspecified atom stereocenters. The zero-order valence-corrected chi connectivity index (χ0v) is 10.6.